The Kier molecular flexibility index (Phi) is 1860. The first-order chi connectivity index (χ1) is 1.00. The fourth-order valence-electron chi connectivity index (χ4n) is 0. The Hall–Kier alpha value is 0.543. The van der Waals surface area contributed by atoms with E-state index in [1.54, 1.807) is 0 Å². The van der Waals surface area contributed by atoms with E-state index in [0.717, 1.165) is 0 Å². The maximum absolute atomic E-state index is 3.00. The van der Waals surface area contributed by atoms with Crippen LogP contribution >= 0.6 is 0 Å². The van der Waals surface area contributed by atoms with E-state index in [1.165, 1.54) is 0 Å². The summed E-state index contributed by atoms with van der Waals surface area (Å²) in [5.74, 6) is 0. The van der Waals surface area contributed by atoms with E-state index in [9.17, 15) is 0 Å². The third-order valence-corrected chi connectivity index (χ3v) is 0. The molecule has 0 bridgehead atoms. The van der Waals surface area contributed by atoms with E-state index < -0.39 is 0 Å². The van der Waals surface area contributed by atoms with Gasteiger partial charge in [0.15, 0.2) is 0 Å². The number of rotatable bonds is 0. The van der Waals surface area contributed by atoms with Gasteiger partial charge in [-0.1, -0.05) is 0 Å². The Morgan fingerprint density at radius 1 is 0.800 bits per heavy atom. The molecule has 0 fully saturated rings. The first kappa shape index (κ1) is 48.0. The quantitative estimate of drug-likeness (QED) is 0.512. The van der Waals surface area contributed by atoms with Gasteiger partial charge in [-0.25, -0.2) is 0 Å². The molecule has 0 amide bonds. The van der Waals surface area contributed by atoms with Gasteiger partial charge in [0, 0.05) is 0 Å². The molecule has 0 radical (unpaired) electrons. The Labute approximate surface area is 51.9 Å². The van der Waals surface area contributed by atoms with Crippen LogP contribution in [0.2, 0.25) is 0 Å². The van der Waals surface area contributed by atoms with Gasteiger partial charge < -0.3 is 12.3 Å². The molecule has 0 aliphatic rings. The Bertz CT molecular complexity index is 7.61. The second kappa shape index (κ2) is 193. The predicted molar refractivity (Wildman–Crippen MR) is 21.3 cm³/mol. The molecule has 3 heteroatoms. The van der Waals surface area contributed by atoms with Crippen LogP contribution in [0, 0.1) is 0 Å². The minimum Gasteiger partial charge on any atom is -0.344 e. The second-order valence-electron chi connectivity index (χ2n) is 0. The monoisotopic (exact) mass is 152 g/mol. The Balaban J connectivity index is -0.00000000167. The van der Waals surface area contributed by atoms with Crippen LogP contribution in [0.4, 0.5) is 0 Å². The van der Waals surface area contributed by atoms with Crippen molar-refractivity contribution in [2.45, 2.75) is 0 Å². The van der Waals surface area contributed by atoms with Gasteiger partial charge in [0.25, 0.3) is 0 Å². The Morgan fingerprint density at radius 2 is 0.800 bits per heavy atom. The molecule has 0 saturated carbocycles. The summed E-state index contributed by atoms with van der Waals surface area (Å²) in [6.07, 6.45) is 0. The standard InChI is InChI=1S/C2H4.2H3N.Zr/c1-2;;;/h1-2H2;2*1H3;/q;;;+2. The molecule has 5 heavy (non-hydrogen) atoms. The SMILES string of the molecule is C=C.N.N.[Zr+2]. The van der Waals surface area contributed by atoms with E-state index in [0.29, 0.717) is 0 Å². The van der Waals surface area contributed by atoms with E-state index in [1.807, 2.05) is 0 Å². The van der Waals surface area contributed by atoms with E-state index in [-0.39, 0.29) is 38.5 Å². The van der Waals surface area contributed by atoms with Gasteiger partial charge in [-0.15, -0.1) is 13.2 Å². The molecule has 6 N–H and O–H groups in total. The van der Waals surface area contributed by atoms with Gasteiger partial charge in [-0.2, -0.15) is 0 Å². The fourth-order valence-corrected chi connectivity index (χ4v) is 0. The van der Waals surface area contributed by atoms with Crippen LogP contribution in [0.15, 0.2) is 13.2 Å². The van der Waals surface area contributed by atoms with Crippen LogP contribution in [0.25, 0.3) is 0 Å². The van der Waals surface area contributed by atoms with Crippen molar-refractivity contribution in [2.75, 3.05) is 0 Å². The predicted octanol–water partition coefficient (Wildman–Crippen LogP) is 1.12. The zero-order valence-corrected chi connectivity index (χ0v) is 5.79. The van der Waals surface area contributed by atoms with Crippen molar-refractivity contribution in [2.24, 2.45) is 0 Å². The summed E-state index contributed by atoms with van der Waals surface area (Å²) in [4.78, 5) is 0. The third kappa shape index (κ3) is 99.6. The second-order valence-corrected chi connectivity index (χ2v) is 0. The van der Waals surface area contributed by atoms with Crippen molar-refractivity contribution in [3.8, 4) is 0 Å². The molecular weight excluding hydrogens is 143 g/mol. The molecule has 0 rings (SSSR count). The number of hydrogen-bond acceptors (Lipinski definition) is 2. The fraction of sp³-hybridized carbons (Fsp3) is 0. The summed E-state index contributed by atoms with van der Waals surface area (Å²) < 4.78 is 0. The molecule has 0 spiro atoms. The molecule has 0 aliphatic heterocycles. The zero-order valence-electron chi connectivity index (χ0n) is 3.33. The summed E-state index contributed by atoms with van der Waals surface area (Å²) in [5.41, 5.74) is 0. The summed E-state index contributed by atoms with van der Waals surface area (Å²) >= 11 is 0. The van der Waals surface area contributed by atoms with Crippen molar-refractivity contribution in [3.05, 3.63) is 13.2 Å². The molecule has 30 valence electrons. The van der Waals surface area contributed by atoms with E-state index >= 15 is 0 Å². The average molecular weight is 153 g/mol. The summed E-state index contributed by atoms with van der Waals surface area (Å²) in [5, 5.41) is 0. The average Bonchev–Trinajstić information content (AvgIpc) is 1.00. The molecule has 0 aromatic heterocycles. The molecule has 0 aliphatic carbocycles. The van der Waals surface area contributed by atoms with Gasteiger partial charge in [0.2, 0.25) is 0 Å². The largest absolute Gasteiger partial charge is 2.00 e. The summed E-state index contributed by atoms with van der Waals surface area (Å²) in [7, 11) is 0. The Morgan fingerprint density at radius 3 is 0.800 bits per heavy atom. The molecule has 0 aromatic carbocycles. The first-order valence-corrected chi connectivity index (χ1v) is 0.500. The molecule has 2 nitrogen and oxygen atoms in total. The number of hydrogen-bond donors (Lipinski definition) is 2. The smallest absolute Gasteiger partial charge is 0.344 e. The normalized spacial score (nSPS) is 0.800. The van der Waals surface area contributed by atoms with Crippen molar-refractivity contribution in [1.29, 1.82) is 0 Å². The van der Waals surface area contributed by atoms with Crippen molar-refractivity contribution >= 4 is 0 Å². The van der Waals surface area contributed by atoms with Gasteiger partial charge in [0.1, 0.15) is 0 Å². The van der Waals surface area contributed by atoms with Crippen LogP contribution in [-0.2, 0) is 26.2 Å². The van der Waals surface area contributed by atoms with Crippen LogP contribution in [0.5, 0.6) is 0 Å². The minimum atomic E-state index is 0. The minimum absolute atomic E-state index is 0. The molecule has 0 aromatic rings. The van der Waals surface area contributed by atoms with Gasteiger partial charge in [0.05, 0.1) is 0 Å². The first-order valence-electron chi connectivity index (χ1n) is 0.500. The zero-order chi connectivity index (χ0) is 2.00. The summed E-state index contributed by atoms with van der Waals surface area (Å²) in [6.45, 7) is 6.00. The van der Waals surface area contributed by atoms with Crippen LogP contribution in [0.1, 0.15) is 0 Å². The summed E-state index contributed by atoms with van der Waals surface area (Å²) in [6, 6.07) is 0. The maximum atomic E-state index is 3.00. The van der Waals surface area contributed by atoms with Crippen LogP contribution in [-0.4, -0.2) is 0 Å². The van der Waals surface area contributed by atoms with Gasteiger partial charge in [-0.3, -0.25) is 0 Å². The van der Waals surface area contributed by atoms with Crippen molar-refractivity contribution in [1.82, 2.24) is 12.3 Å². The van der Waals surface area contributed by atoms with Gasteiger partial charge >= 0.3 is 26.2 Å². The topological polar surface area (TPSA) is 70.0 Å². The molecule has 0 heterocycles. The third-order valence-electron chi connectivity index (χ3n) is 0. The molecule has 0 unspecified atom stereocenters. The van der Waals surface area contributed by atoms with Gasteiger partial charge in [-0.05, 0) is 0 Å². The van der Waals surface area contributed by atoms with Crippen molar-refractivity contribution < 1.29 is 26.2 Å². The van der Waals surface area contributed by atoms with Crippen molar-refractivity contribution in [3.63, 3.8) is 0 Å². The maximum Gasteiger partial charge on any atom is 2.00 e. The molecule has 0 saturated heterocycles. The molecule has 0 atom stereocenters. The van der Waals surface area contributed by atoms with Crippen LogP contribution < -0.4 is 12.3 Å². The molecular formula is C2H10N2Zr+2. The van der Waals surface area contributed by atoms with E-state index in [4.69, 9.17) is 0 Å². The van der Waals surface area contributed by atoms with Crippen LogP contribution in [0.3, 0.4) is 0 Å². The van der Waals surface area contributed by atoms with E-state index in [2.05, 4.69) is 13.2 Å².